The van der Waals surface area contributed by atoms with Crippen LogP contribution in [0.2, 0.25) is 0 Å². The van der Waals surface area contributed by atoms with Gasteiger partial charge in [0.1, 0.15) is 11.5 Å². The fourth-order valence-electron chi connectivity index (χ4n) is 4.72. The average molecular weight is 679 g/mol. The minimum atomic E-state index is -0.443. The molecule has 0 spiro atoms. The van der Waals surface area contributed by atoms with Gasteiger partial charge in [-0.05, 0) is 77.6 Å². The molecule has 0 N–H and O–H groups in total. The third kappa shape index (κ3) is 13.4. The molecule has 0 radical (unpaired) electrons. The van der Waals surface area contributed by atoms with Gasteiger partial charge in [-0.2, -0.15) is 0 Å². The Bertz CT molecular complexity index is 1680. The standard InChI is InChI=1S/C41H42O9/c1-46-39(43)24-25-40(44)49-29-7-28-48-36-19-15-34(16-20-36)33-13-10-31(11-14-33)12-23-38(42)35-17-21-37(22-18-35)47-26-5-6-27-50-41(45)30-32-8-3-2-4-9-32/h2-4,8-23H,5-7,24-30H2,1H3/b23-12+. The number of ketones is 1. The maximum Gasteiger partial charge on any atom is 0.310 e. The summed E-state index contributed by atoms with van der Waals surface area (Å²) in [6, 6.07) is 32.2. The van der Waals surface area contributed by atoms with Gasteiger partial charge in [0.05, 0.1) is 52.8 Å². The van der Waals surface area contributed by atoms with Crippen LogP contribution in [0.3, 0.4) is 0 Å². The van der Waals surface area contributed by atoms with Crippen molar-refractivity contribution in [3.63, 3.8) is 0 Å². The second kappa shape index (κ2) is 20.6. The van der Waals surface area contributed by atoms with Gasteiger partial charge in [-0.15, -0.1) is 0 Å². The first kappa shape index (κ1) is 37.1. The molecule has 0 unspecified atom stereocenters. The zero-order chi connectivity index (χ0) is 35.4. The molecule has 0 aromatic heterocycles. The summed E-state index contributed by atoms with van der Waals surface area (Å²) in [5, 5.41) is 0. The van der Waals surface area contributed by atoms with Crippen LogP contribution in [-0.2, 0) is 35.0 Å². The summed E-state index contributed by atoms with van der Waals surface area (Å²) in [5.74, 6) is 0.159. The minimum absolute atomic E-state index is 0.00248. The van der Waals surface area contributed by atoms with Crippen molar-refractivity contribution in [3.05, 3.63) is 126 Å². The quantitative estimate of drug-likeness (QED) is 0.0309. The zero-order valence-corrected chi connectivity index (χ0v) is 28.2. The molecule has 0 atom stereocenters. The van der Waals surface area contributed by atoms with Crippen molar-refractivity contribution in [1.29, 1.82) is 0 Å². The van der Waals surface area contributed by atoms with Crippen LogP contribution >= 0.6 is 0 Å². The molecule has 260 valence electrons. The number of esters is 3. The van der Waals surface area contributed by atoms with Crippen LogP contribution in [0.4, 0.5) is 0 Å². The van der Waals surface area contributed by atoms with Crippen LogP contribution in [0.25, 0.3) is 17.2 Å². The molecule has 50 heavy (non-hydrogen) atoms. The number of unbranched alkanes of at least 4 members (excludes halogenated alkanes) is 1. The van der Waals surface area contributed by atoms with Crippen LogP contribution in [0.15, 0.2) is 109 Å². The van der Waals surface area contributed by atoms with Gasteiger partial charge in [-0.25, -0.2) is 0 Å². The molecule has 0 aliphatic rings. The number of rotatable bonds is 20. The van der Waals surface area contributed by atoms with E-state index in [-0.39, 0.29) is 37.6 Å². The van der Waals surface area contributed by atoms with Crippen molar-refractivity contribution in [2.75, 3.05) is 33.5 Å². The van der Waals surface area contributed by atoms with Gasteiger partial charge in [-0.3, -0.25) is 19.2 Å². The summed E-state index contributed by atoms with van der Waals surface area (Å²) in [7, 11) is 1.28. The second-order valence-electron chi connectivity index (χ2n) is 11.3. The summed E-state index contributed by atoms with van der Waals surface area (Å²) in [6.45, 7) is 1.44. The first-order chi connectivity index (χ1) is 24.4. The van der Waals surface area contributed by atoms with Gasteiger partial charge < -0.3 is 23.7 Å². The Morgan fingerprint density at radius 3 is 1.76 bits per heavy atom. The highest BCUT2D eigenvalue weighted by Crippen LogP contribution is 2.23. The van der Waals surface area contributed by atoms with E-state index in [0.717, 1.165) is 28.7 Å². The molecule has 4 aromatic carbocycles. The molecule has 9 heteroatoms. The summed E-state index contributed by atoms with van der Waals surface area (Å²) in [4.78, 5) is 47.4. The van der Waals surface area contributed by atoms with E-state index in [1.54, 1.807) is 36.4 Å². The highest BCUT2D eigenvalue weighted by Gasteiger charge is 2.08. The largest absolute Gasteiger partial charge is 0.494 e. The predicted molar refractivity (Wildman–Crippen MR) is 190 cm³/mol. The number of carbonyl (C=O) groups excluding carboxylic acids is 4. The van der Waals surface area contributed by atoms with E-state index < -0.39 is 11.9 Å². The molecule has 0 amide bonds. The monoisotopic (exact) mass is 678 g/mol. The first-order valence-corrected chi connectivity index (χ1v) is 16.6. The van der Waals surface area contributed by atoms with Crippen LogP contribution < -0.4 is 9.47 Å². The number of allylic oxidation sites excluding steroid dienone is 1. The predicted octanol–water partition coefficient (Wildman–Crippen LogP) is 7.46. The third-order valence-corrected chi connectivity index (χ3v) is 7.51. The number of ether oxygens (including phenoxy) is 5. The van der Waals surface area contributed by atoms with Gasteiger partial charge in [0.25, 0.3) is 0 Å². The van der Waals surface area contributed by atoms with Crippen molar-refractivity contribution in [3.8, 4) is 22.6 Å². The SMILES string of the molecule is COC(=O)CCC(=O)OCCCOc1ccc(-c2ccc(/C=C/C(=O)c3ccc(OCCCCOC(=O)Cc4ccccc4)cc3)cc2)cc1. The zero-order valence-electron chi connectivity index (χ0n) is 28.2. The fourth-order valence-corrected chi connectivity index (χ4v) is 4.72. The van der Waals surface area contributed by atoms with Crippen molar-refractivity contribution in [2.24, 2.45) is 0 Å². The molecule has 0 aliphatic heterocycles. The van der Waals surface area contributed by atoms with E-state index in [9.17, 15) is 19.2 Å². The molecule has 0 bridgehead atoms. The number of methoxy groups -OCH3 is 1. The van der Waals surface area contributed by atoms with Crippen molar-refractivity contribution >= 4 is 29.8 Å². The fraction of sp³-hybridized carbons (Fsp3) is 0.268. The molecule has 0 fully saturated rings. The summed E-state index contributed by atoms with van der Waals surface area (Å²) < 4.78 is 26.4. The third-order valence-electron chi connectivity index (χ3n) is 7.51. The molecular weight excluding hydrogens is 636 g/mol. The Kier molecular flexibility index (Phi) is 15.3. The lowest BCUT2D eigenvalue weighted by atomic mass is 10.0. The smallest absolute Gasteiger partial charge is 0.310 e. The Labute approximate surface area is 292 Å². The lowest BCUT2D eigenvalue weighted by molar-refractivity contribution is -0.149. The lowest BCUT2D eigenvalue weighted by Gasteiger charge is -2.08. The van der Waals surface area contributed by atoms with E-state index in [2.05, 4.69) is 4.74 Å². The Balaban J connectivity index is 1.11. The summed E-state index contributed by atoms with van der Waals surface area (Å²) in [6.07, 6.45) is 5.59. The second-order valence-corrected chi connectivity index (χ2v) is 11.3. The van der Waals surface area contributed by atoms with Crippen molar-refractivity contribution in [1.82, 2.24) is 0 Å². The Morgan fingerprint density at radius 1 is 0.560 bits per heavy atom. The maximum atomic E-state index is 12.7. The lowest BCUT2D eigenvalue weighted by Crippen LogP contribution is -2.11. The van der Waals surface area contributed by atoms with Gasteiger partial charge in [0, 0.05) is 12.0 Å². The molecule has 9 nitrogen and oxygen atoms in total. The average Bonchev–Trinajstić information content (AvgIpc) is 3.15. The molecule has 4 rings (SSSR count). The number of hydrogen-bond acceptors (Lipinski definition) is 9. The van der Waals surface area contributed by atoms with Crippen LogP contribution in [0, 0.1) is 0 Å². The molecular formula is C41H42O9. The highest BCUT2D eigenvalue weighted by atomic mass is 16.5. The Hall–Kier alpha value is -5.70. The first-order valence-electron chi connectivity index (χ1n) is 16.6. The van der Waals surface area contributed by atoms with E-state index in [1.165, 1.54) is 7.11 Å². The van der Waals surface area contributed by atoms with Crippen LogP contribution in [0.1, 0.15) is 53.6 Å². The maximum absolute atomic E-state index is 12.7. The van der Waals surface area contributed by atoms with E-state index in [4.69, 9.17) is 18.9 Å². The van der Waals surface area contributed by atoms with E-state index in [1.807, 2.05) is 78.9 Å². The normalized spacial score (nSPS) is 10.7. The highest BCUT2D eigenvalue weighted by molar-refractivity contribution is 6.06. The number of hydrogen-bond donors (Lipinski definition) is 0. The molecule has 0 saturated carbocycles. The minimum Gasteiger partial charge on any atom is -0.494 e. The van der Waals surface area contributed by atoms with Gasteiger partial charge in [-0.1, -0.05) is 72.8 Å². The summed E-state index contributed by atoms with van der Waals surface area (Å²) >= 11 is 0. The molecule has 0 heterocycles. The van der Waals surface area contributed by atoms with E-state index in [0.29, 0.717) is 49.7 Å². The number of benzene rings is 4. The van der Waals surface area contributed by atoms with Crippen molar-refractivity contribution < 1.29 is 42.9 Å². The summed E-state index contributed by atoms with van der Waals surface area (Å²) in [5.41, 5.74) is 4.45. The van der Waals surface area contributed by atoms with Crippen molar-refractivity contribution in [2.45, 2.75) is 38.5 Å². The number of carbonyl (C=O) groups is 4. The van der Waals surface area contributed by atoms with E-state index >= 15 is 0 Å². The van der Waals surface area contributed by atoms with Crippen LogP contribution in [0.5, 0.6) is 11.5 Å². The van der Waals surface area contributed by atoms with Gasteiger partial charge >= 0.3 is 17.9 Å². The Morgan fingerprint density at radius 2 is 1.10 bits per heavy atom. The molecule has 4 aromatic rings. The van der Waals surface area contributed by atoms with Crippen LogP contribution in [-0.4, -0.2) is 57.2 Å². The molecule has 0 aliphatic carbocycles. The molecule has 0 saturated heterocycles. The van der Waals surface area contributed by atoms with Gasteiger partial charge in [0.15, 0.2) is 5.78 Å². The van der Waals surface area contributed by atoms with Gasteiger partial charge in [0.2, 0.25) is 0 Å². The topological polar surface area (TPSA) is 114 Å².